The van der Waals surface area contributed by atoms with Gasteiger partial charge in [0.25, 0.3) is 0 Å². The van der Waals surface area contributed by atoms with Gasteiger partial charge in [0.1, 0.15) is 0 Å². The molecule has 1 aromatic rings. The van der Waals surface area contributed by atoms with E-state index in [0.29, 0.717) is 5.75 Å². The smallest absolute Gasteiger partial charge is 0.165 e. The van der Waals surface area contributed by atoms with Gasteiger partial charge >= 0.3 is 0 Å². The molecule has 11 heavy (non-hydrogen) atoms. The Kier molecular flexibility index (Phi) is 3.45. The van der Waals surface area contributed by atoms with E-state index in [1.165, 1.54) is 0 Å². The number of thioether (sulfide) groups is 1. The molecule has 1 atom stereocenters. The zero-order valence-corrected chi connectivity index (χ0v) is 7.27. The quantitative estimate of drug-likeness (QED) is 0.672. The van der Waals surface area contributed by atoms with Crippen molar-refractivity contribution in [2.75, 3.05) is 5.75 Å². The third kappa shape index (κ3) is 2.95. The molecule has 0 radical (unpaired) electrons. The Morgan fingerprint density at radius 2 is 2.64 bits per heavy atom. The SMILES string of the molecule is CCC(O)CSc1ncc[nH]1. The van der Waals surface area contributed by atoms with Crippen LogP contribution in [0.3, 0.4) is 0 Å². The molecule has 0 aromatic carbocycles. The molecule has 0 saturated heterocycles. The Morgan fingerprint density at radius 3 is 3.18 bits per heavy atom. The van der Waals surface area contributed by atoms with Crippen molar-refractivity contribution in [3.8, 4) is 0 Å². The van der Waals surface area contributed by atoms with E-state index in [0.717, 1.165) is 11.6 Å². The van der Waals surface area contributed by atoms with Gasteiger partial charge in [-0.15, -0.1) is 0 Å². The van der Waals surface area contributed by atoms with Gasteiger partial charge in [0, 0.05) is 18.1 Å². The van der Waals surface area contributed by atoms with Crippen LogP contribution in [-0.2, 0) is 0 Å². The first kappa shape index (κ1) is 8.62. The second kappa shape index (κ2) is 4.41. The van der Waals surface area contributed by atoms with Crippen molar-refractivity contribution in [1.29, 1.82) is 0 Å². The molecule has 0 aliphatic carbocycles. The van der Waals surface area contributed by atoms with E-state index >= 15 is 0 Å². The predicted molar refractivity (Wildman–Crippen MR) is 45.6 cm³/mol. The molecule has 1 rings (SSSR count). The van der Waals surface area contributed by atoms with Gasteiger partial charge in [0.05, 0.1) is 6.10 Å². The highest BCUT2D eigenvalue weighted by atomic mass is 32.2. The molecule has 0 aliphatic rings. The van der Waals surface area contributed by atoms with Gasteiger partial charge in [-0.2, -0.15) is 0 Å². The Hall–Kier alpha value is -0.480. The summed E-state index contributed by atoms with van der Waals surface area (Å²) in [4.78, 5) is 6.98. The summed E-state index contributed by atoms with van der Waals surface area (Å²) in [5.74, 6) is 0.712. The number of nitrogens with one attached hydrogen (secondary N) is 1. The molecular formula is C7H12N2OS. The van der Waals surface area contributed by atoms with Crippen molar-refractivity contribution in [3.05, 3.63) is 12.4 Å². The van der Waals surface area contributed by atoms with Gasteiger partial charge in [-0.25, -0.2) is 4.98 Å². The van der Waals surface area contributed by atoms with Crippen LogP contribution in [0, 0.1) is 0 Å². The number of aliphatic hydroxyl groups is 1. The molecule has 1 heterocycles. The maximum Gasteiger partial charge on any atom is 0.165 e. The fourth-order valence-electron chi connectivity index (χ4n) is 0.623. The molecule has 0 aliphatic heterocycles. The van der Waals surface area contributed by atoms with Gasteiger partial charge in [0.2, 0.25) is 0 Å². The van der Waals surface area contributed by atoms with Crippen LogP contribution in [-0.4, -0.2) is 26.9 Å². The summed E-state index contributed by atoms with van der Waals surface area (Å²) in [6, 6.07) is 0. The van der Waals surface area contributed by atoms with Crippen LogP contribution in [0.1, 0.15) is 13.3 Å². The highest BCUT2D eigenvalue weighted by molar-refractivity contribution is 7.99. The van der Waals surface area contributed by atoms with E-state index in [1.807, 2.05) is 6.92 Å². The van der Waals surface area contributed by atoms with Crippen molar-refractivity contribution >= 4 is 11.8 Å². The van der Waals surface area contributed by atoms with Crippen LogP contribution >= 0.6 is 11.8 Å². The fourth-order valence-corrected chi connectivity index (χ4v) is 1.50. The molecule has 3 nitrogen and oxygen atoms in total. The number of aliphatic hydroxyl groups excluding tert-OH is 1. The second-order valence-corrected chi connectivity index (χ2v) is 3.28. The number of hydrogen-bond donors (Lipinski definition) is 2. The molecule has 0 spiro atoms. The monoisotopic (exact) mass is 172 g/mol. The van der Waals surface area contributed by atoms with Gasteiger partial charge < -0.3 is 10.1 Å². The van der Waals surface area contributed by atoms with Crippen LogP contribution in [0.2, 0.25) is 0 Å². The molecule has 1 unspecified atom stereocenters. The van der Waals surface area contributed by atoms with Gasteiger partial charge in [-0.05, 0) is 6.42 Å². The summed E-state index contributed by atoms with van der Waals surface area (Å²) in [5, 5.41) is 10.1. The first-order valence-electron chi connectivity index (χ1n) is 3.63. The van der Waals surface area contributed by atoms with Gasteiger partial charge in [-0.3, -0.25) is 0 Å². The summed E-state index contributed by atoms with van der Waals surface area (Å²) in [6.07, 6.45) is 4.07. The number of hydrogen-bond acceptors (Lipinski definition) is 3. The third-order valence-electron chi connectivity index (χ3n) is 1.36. The Morgan fingerprint density at radius 1 is 1.82 bits per heavy atom. The largest absolute Gasteiger partial charge is 0.392 e. The zero-order chi connectivity index (χ0) is 8.10. The minimum absolute atomic E-state index is 0.218. The first-order valence-corrected chi connectivity index (χ1v) is 4.61. The summed E-state index contributed by atoms with van der Waals surface area (Å²) in [7, 11) is 0. The maximum atomic E-state index is 9.19. The van der Waals surface area contributed by atoms with E-state index in [9.17, 15) is 5.11 Å². The zero-order valence-electron chi connectivity index (χ0n) is 6.45. The first-order chi connectivity index (χ1) is 5.33. The summed E-state index contributed by atoms with van der Waals surface area (Å²) < 4.78 is 0. The number of aromatic nitrogens is 2. The van der Waals surface area contributed by atoms with Crippen LogP contribution in [0.4, 0.5) is 0 Å². The van der Waals surface area contributed by atoms with Crippen molar-refractivity contribution in [1.82, 2.24) is 9.97 Å². The standard InChI is InChI=1S/C7H12N2OS/c1-2-6(10)5-11-7-8-3-4-9-7/h3-4,6,10H,2,5H2,1H3,(H,8,9). The molecule has 0 saturated carbocycles. The number of imidazole rings is 1. The average molecular weight is 172 g/mol. The summed E-state index contributed by atoms with van der Waals surface area (Å²) in [5.41, 5.74) is 0. The van der Waals surface area contributed by atoms with Crippen LogP contribution in [0.25, 0.3) is 0 Å². The molecule has 62 valence electrons. The van der Waals surface area contributed by atoms with Crippen LogP contribution < -0.4 is 0 Å². The van der Waals surface area contributed by atoms with E-state index in [1.54, 1.807) is 24.2 Å². The van der Waals surface area contributed by atoms with Crippen molar-refractivity contribution < 1.29 is 5.11 Å². The Labute approximate surface area is 70.2 Å². The second-order valence-electron chi connectivity index (χ2n) is 2.27. The van der Waals surface area contributed by atoms with Crippen molar-refractivity contribution in [2.24, 2.45) is 0 Å². The Bertz CT molecular complexity index is 188. The third-order valence-corrected chi connectivity index (χ3v) is 2.40. The van der Waals surface area contributed by atoms with Crippen LogP contribution in [0.5, 0.6) is 0 Å². The number of nitrogens with zero attached hydrogens (tertiary/aromatic N) is 1. The van der Waals surface area contributed by atoms with Gasteiger partial charge in [-0.1, -0.05) is 18.7 Å². The minimum atomic E-state index is -0.218. The number of aromatic amines is 1. The molecular weight excluding hydrogens is 160 g/mol. The number of rotatable bonds is 4. The molecule has 0 bridgehead atoms. The molecule has 0 amide bonds. The lowest BCUT2D eigenvalue weighted by atomic mass is 10.3. The van der Waals surface area contributed by atoms with E-state index in [2.05, 4.69) is 9.97 Å². The lowest BCUT2D eigenvalue weighted by Gasteiger charge is -2.03. The number of H-pyrrole nitrogens is 1. The lowest BCUT2D eigenvalue weighted by Crippen LogP contribution is -2.07. The highest BCUT2D eigenvalue weighted by Gasteiger charge is 2.02. The predicted octanol–water partition coefficient (Wildman–Crippen LogP) is 1.27. The summed E-state index contributed by atoms with van der Waals surface area (Å²) >= 11 is 1.54. The van der Waals surface area contributed by atoms with Crippen LogP contribution in [0.15, 0.2) is 17.6 Å². The molecule has 4 heteroatoms. The highest BCUT2D eigenvalue weighted by Crippen LogP contribution is 2.13. The topological polar surface area (TPSA) is 48.9 Å². The maximum absolute atomic E-state index is 9.19. The minimum Gasteiger partial charge on any atom is -0.392 e. The fraction of sp³-hybridized carbons (Fsp3) is 0.571. The molecule has 2 N–H and O–H groups in total. The van der Waals surface area contributed by atoms with E-state index < -0.39 is 0 Å². The molecule has 1 aromatic heterocycles. The Balaban J connectivity index is 2.23. The van der Waals surface area contributed by atoms with E-state index in [4.69, 9.17) is 0 Å². The van der Waals surface area contributed by atoms with E-state index in [-0.39, 0.29) is 6.10 Å². The normalized spacial score (nSPS) is 13.3. The lowest BCUT2D eigenvalue weighted by molar-refractivity contribution is 0.195. The van der Waals surface area contributed by atoms with Crippen molar-refractivity contribution in [3.63, 3.8) is 0 Å². The summed E-state index contributed by atoms with van der Waals surface area (Å²) in [6.45, 7) is 1.97. The molecule has 0 fully saturated rings. The van der Waals surface area contributed by atoms with Crippen molar-refractivity contribution in [2.45, 2.75) is 24.6 Å². The average Bonchev–Trinajstić information content (AvgIpc) is 2.52. The van der Waals surface area contributed by atoms with Gasteiger partial charge in [0.15, 0.2) is 5.16 Å².